The predicted molar refractivity (Wildman–Crippen MR) is 49.6 cm³/mol. The predicted octanol–water partition coefficient (Wildman–Crippen LogP) is 1.69. The van der Waals surface area contributed by atoms with Crippen molar-refractivity contribution in [2.24, 2.45) is 0 Å². The van der Waals surface area contributed by atoms with Gasteiger partial charge in [-0.2, -0.15) is 0 Å². The average molecular weight is 183 g/mol. The second kappa shape index (κ2) is 3.49. The summed E-state index contributed by atoms with van der Waals surface area (Å²) in [5.41, 5.74) is 6.19. The highest BCUT2D eigenvalue weighted by Crippen LogP contribution is 2.22. The van der Waals surface area contributed by atoms with Gasteiger partial charge in [-0.15, -0.1) is 11.8 Å². The summed E-state index contributed by atoms with van der Waals surface area (Å²) in [6.07, 6.45) is 1.83. The Morgan fingerprint density at radius 3 is 2.75 bits per heavy atom. The van der Waals surface area contributed by atoms with Crippen molar-refractivity contribution in [1.82, 2.24) is 0 Å². The fourth-order valence-corrected chi connectivity index (χ4v) is 1.46. The molecule has 1 aromatic rings. The van der Waals surface area contributed by atoms with Crippen LogP contribution in [0.3, 0.4) is 0 Å². The van der Waals surface area contributed by atoms with Gasteiger partial charge in [0.2, 0.25) is 0 Å². The molecule has 0 aliphatic heterocycles. The van der Waals surface area contributed by atoms with Crippen molar-refractivity contribution < 1.29 is 9.90 Å². The number of nitrogen functional groups attached to an aromatic ring is 1. The first kappa shape index (κ1) is 8.93. The molecule has 0 unspecified atom stereocenters. The van der Waals surface area contributed by atoms with Gasteiger partial charge in [0.05, 0.1) is 5.56 Å². The molecule has 0 saturated carbocycles. The lowest BCUT2D eigenvalue weighted by molar-refractivity contribution is 0.0693. The van der Waals surface area contributed by atoms with Crippen LogP contribution in [0, 0.1) is 0 Å². The molecule has 0 amide bonds. The minimum atomic E-state index is -0.938. The molecule has 3 N–H and O–H groups in total. The summed E-state index contributed by atoms with van der Waals surface area (Å²) in [6.45, 7) is 0. The van der Waals surface area contributed by atoms with Crippen molar-refractivity contribution >= 4 is 23.4 Å². The third kappa shape index (κ3) is 1.71. The molecule has 0 heterocycles. The van der Waals surface area contributed by atoms with Gasteiger partial charge < -0.3 is 10.8 Å². The lowest BCUT2D eigenvalue weighted by atomic mass is 10.2. The van der Waals surface area contributed by atoms with E-state index in [1.165, 1.54) is 17.8 Å². The third-order valence-electron chi connectivity index (χ3n) is 1.45. The number of thioether (sulfide) groups is 1. The number of rotatable bonds is 2. The number of aromatic carboxylic acids is 1. The maximum Gasteiger partial charge on any atom is 0.336 e. The minimum Gasteiger partial charge on any atom is -0.478 e. The zero-order valence-electron chi connectivity index (χ0n) is 6.57. The normalized spacial score (nSPS) is 9.75. The number of nitrogens with two attached hydrogens (primary N) is 1. The van der Waals surface area contributed by atoms with Crippen LogP contribution < -0.4 is 5.73 Å². The number of hydrogen-bond acceptors (Lipinski definition) is 3. The van der Waals surface area contributed by atoms with Gasteiger partial charge in [-0.05, 0) is 24.5 Å². The van der Waals surface area contributed by atoms with Gasteiger partial charge in [0.1, 0.15) is 0 Å². The summed E-state index contributed by atoms with van der Waals surface area (Å²) >= 11 is 1.40. The average Bonchev–Trinajstić information content (AvgIpc) is 2.04. The maximum absolute atomic E-state index is 10.7. The van der Waals surface area contributed by atoms with Crippen LogP contribution in [0.25, 0.3) is 0 Å². The molecule has 0 bridgehead atoms. The Morgan fingerprint density at radius 1 is 1.58 bits per heavy atom. The van der Waals surface area contributed by atoms with Crippen LogP contribution in [-0.4, -0.2) is 17.3 Å². The lowest BCUT2D eigenvalue weighted by Crippen LogP contribution is -1.99. The van der Waals surface area contributed by atoms with Crippen LogP contribution in [0.1, 0.15) is 10.4 Å². The molecule has 4 heteroatoms. The van der Waals surface area contributed by atoms with Gasteiger partial charge >= 0.3 is 5.97 Å². The molecule has 64 valence electrons. The second-order valence-corrected chi connectivity index (χ2v) is 3.11. The Morgan fingerprint density at radius 2 is 2.25 bits per heavy atom. The van der Waals surface area contributed by atoms with Gasteiger partial charge in [0.15, 0.2) is 0 Å². The van der Waals surface area contributed by atoms with Crippen LogP contribution in [0.2, 0.25) is 0 Å². The van der Waals surface area contributed by atoms with E-state index in [1.807, 2.05) is 6.26 Å². The summed E-state index contributed by atoms with van der Waals surface area (Å²) in [5, 5.41) is 8.75. The molecule has 1 rings (SSSR count). The van der Waals surface area contributed by atoms with Crippen molar-refractivity contribution in [2.75, 3.05) is 12.0 Å². The van der Waals surface area contributed by atoms with Gasteiger partial charge in [0, 0.05) is 10.6 Å². The van der Waals surface area contributed by atoms with Gasteiger partial charge in [0.25, 0.3) is 0 Å². The van der Waals surface area contributed by atoms with E-state index >= 15 is 0 Å². The van der Waals surface area contributed by atoms with Crippen LogP contribution in [0.5, 0.6) is 0 Å². The van der Waals surface area contributed by atoms with Crippen molar-refractivity contribution in [3.63, 3.8) is 0 Å². The molecule has 0 aliphatic rings. The van der Waals surface area contributed by atoms with Crippen LogP contribution in [0.15, 0.2) is 23.1 Å². The molecule has 0 fully saturated rings. The lowest BCUT2D eigenvalue weighted by Gasteiger charge is -2.02. The standard InChI is InChI=1S/C8H9NO2S/c1-12-7-3-2-5(9)4-6(7)8(10)11/h2-4H,9H2,1H3,(H,10,11). The number of hydrogen-bond donors (Lipinski definition) is 2. The molecule has 0 spiro atoms. The van der Waals surface area contributed by atoms with Gasteiger partial charge in [-0.3, -0.25) is 0 Å². The van der Waals surface area contributed by atoms with E-state index in [0.717, 1.165) is 4.90 Å². The largest absolute Gasteiger partial charge is 0.478 e. The van der Waals surface area contributed by atoms with E-state index in [-0.39, 0.29) is 5.56 Å². The van der Waals surface area contributed by atoms with Crippen molar-refractivity contribution in [2.45, 2.75) is 4.90 Å². The van der Waals surface area contributed by atoms with Crippen molar-refractivity contribution in [3.05, 3.63) is 23.8 Å². The molecule has 0 radical (unpaired) electrons. The molecule has 0 aliphatic carbocycles. The van der Waals surface area contributed by atoms with E-state index in [1.54, 1.807) is 12.1 Å². The van der Waals surface area contributed by atoms with E-state index in [4.69, 9.17) is 10.8 Å². The van der Waals surface area contributed by atoms with E-state index in [2.05, 4.69) is 0 Å². The maximum atomic E-state index is 10.7. The van der Waals surface area contributed by atoms with Crippen molar-refractivity contribution in [1.29, 1.82) is 0 Å². The molecule has 3 nitrogen and oxygen atoms in total. The van der Waals surface area contributed by atoms with Gasteiger partial charge in [-0.1, -0.05) is 0 Å². The summed E-state index contributed by atoms with van der Waals surface area (Å²) < 4.78 is 0. The molecule has 0 aromatic heterocycles. The zero-order chi connectivity index (χ0) is 9.14. The first-order valence-electron chi connectivity index (χ1n) is 3.32. The highest BCUT2D eigenvalue weighted by atomic mass is 32.2. The number of carbonyl (C=O) groups is 1. The Bertz CT molecular complexity index is 312. The van der Waals surface area contributed by atoms with Gasteiger partial charge in [-0.25, -0.2) is 4.79 Å². The zero-order valence-corrected chi connectivity index (χ0v) is 7.39. The topological polar surface area (TPSA) is 63.3 Å². The second-order valence-electron chi connectivity index (χ2n) is 2.26. The fraction of sp³-hybridized carbons (Fsp3) is 0.125. The summed E-state index contributed by atoms with van der Waals surface area (Å²) in [6, 6.07) is 4.87. The fourth-order valence-electron chi connectivity index (χ4n) is 0.893. The molecule has 1 aromatic carbocycles. The molecular weight excluding hydrogens is 174 g/mol. The van der Waals surface area contributed by atoms with E-state index < -0.39 is 5.97 Å². The van der Waals surface area contributed by atoms with Crippen LogP contribution >= 0.6 is 11.8 Å². The summed E-state index contributed by atoms with van der Waals surface area (Å²) in [7, 11) is 0. The molecular formula is C8H9NO2S. The third-order valence-corrected chi connectivity index (χ3v) is 2.25. The Kier molecular flexibility index (Phi) is 2.60. The van der Waals surface area contributed by atoms with E-state index in [9.17, 15) is 4.79 Å². The Balaban J connectivity index is 3.21. The number of benzene rings is 1. The highest BCUT2D eigenvalue weighted by Gasteiger charge is 2.08. The number of anilines is 1. The highest BCUT2D eigenvalue weighted by molar-refractivity contribution is 7.98. The molecule has 12 heavy (non-hydrogen) atoms. The SMILES string of the molecule is CSc1ccc(N)cc1C(=O)O. The molecule has 0 saturated heterocycles. The molecule has 0 atom stereocenters. The Labute approximate surface area is 74.6 Å². The van der Waals surface area contributed by atoms with Crippen LogP contribution in [-0.2, 0) is 0 Å². The minimum absolute atomic E-state index is 0.266. The smallest absolute Gasteiger partial charge is 0.336 e. The quantitative estimate of drug-likeness (QED) is 0.541. The summed E-state index contributed by atoms with van der Waals surface area (Å²) in [5.74, 6) is -0.938. The number of carboxylic acids is 1. The van der Waals surface area contributed by atoms with Crippen LogP contribution in [0.4, 0.5) is 5.69 Å². The first-order chi connectivity index (χ1) is 5.65. The first-order valence-corrected chi connectivity index (χ1v) is 4.54. The Hall–Kier alpha value is -1.16. The van der Waals surface area contributed by atoms with E-state index in [0.29, 0.717) is 5.69 Å². The monoisotopic (exact) mass is 183 g/mol. The number of carboxylic acid groups (broad SMARTS) is 1. The van der Waals surface area contributed by atoms with Crippen molar-refractivity contribution in [3.8, 4) is 0 Å². The summed E-state index contributed by atoms with van der Waals surface area (Å²) in [4.78, 5) is 11.4.